The van der Waals surface area contributed by atoms with Crippen LogP contribution in [0.25, 0.3) is 0 Å². The highest BCUT2D eigenvalue weighted by Crippen LogP contribution is 2.45. The molecule has 30 heavy (non-hydrogen) atoms. The summed E-state index contributed by atoms with van der Waals surface area (Å²) in [6.07, 6.45) is 7.77. The van der Waals surface area contributed by atoms with Crippen LogP contribution in [0.15, 0.2) is 42.5 Å². The largest absolute Gasteiger partial charge is 0.494 e. The van der Waals surface area contributed by atoms with Crippen LogP contribution in [-0.2, 0) is 0 Å². The first-order valence-electron chi connectivity index (χ1n) is 11.8. The minimum atomic E-state index is 0.390. The summed E-state index contributed by atoms with van der Waals surface area (Å²) in [6, 6.07) is 15.8. The Labute approximate surface area is 186 Å². The SMILES string of the molecule is Clc1cccc([C@H]2CN3CCC[C@@H]3c3cc(OCCCN4CCCCC4)ccc32)c1. The third kappa shape index (κ3) is 4.39. The molecule has 5 rings (SSSR count). The lowest BCUT2D eigenvalue weighted by molar-refractivity contribution is 0.204. The lowest BCUT2D eigenvalue weighted by Gasteiger charge is -2.37. The van der Waals surface area contributed by atoms with E-state index in [0.29, 0.717) is 12.0 Å². The van der Waals surface area contributed by atoms with Crippen LogP contribution in [0, 0.1) is 0 Å². The summed E-state index contributed by atoms with van der Waals surface area (Å²) in [5, 5.41) is 0.825. The van der Waals surface area contributed by atoms with Crippen molar-refractivity contribution in [2.24, 2.45) is 0 Å². The fourth-order valence-corrected chi connectivity index (χ4v) is 5.85. The van der Waals surface area contributed by atoms with Crippen LogP contribution in [0.3, 0.4) is 0 Å². The fourth-order valence-electron chi connectivity index (χ4n) is 5.65. The number of fused-ring (bicyclic) bond motifs is 3. The fraction of sp³-hybridized carbons (Fsp3) is 0.538. The van der Waals surface area contributed by atoms with E-state index in [1.807, 2.05) is 6.07 Å². The summed E-state index contributed by atoms with van der Waals surface area (Å²) >= 11 is 6.32. The van der Waals surface area contributed by atoms with Gasteiger partial charge in [-0.25, -0.2) is 0 Å². The number of hydrogen-bond donors (Lipinski definition) is 0. The smallest absolute Gasteiger partial charge is 0.119 e. The molecule has 0 aliphatic carbocycles. The number of hydrogen-bond acceptors (Lipinski definition) is 3. The number of benzene rings is 2. The molecule has 0 unspecified atom stereocenters. The number of nitrogens with zero attached hydrogens (tertiary/aromatic N) is 2. The molecule has 2 atom stereocenters. The quantitative estimate of drug-likeness (QED) is 0.538. The maximum Gasteiger partial charge on any atom is 0.119 e. The highest BCUT2D eigenvalue weighted by Gasteiger charge is 2.36. The molecule has 0 spiro atoms. The Morgan fingerprint density at radius 1 is 0.933 bits per heavy atom. The Hall–Kier alpha value is -1.55. The van der Waals surface area contributed by atoms with Gasteiger partial charge in [0, 0.05) is 30.1 Å². The van der Waals surface area contributed by atoms with Crippen molar-refractivity contribution in [3.05, 3.63) is 64.2 Å². The van der Waals surface area contributed by atoms with Gasteiger partial charge in [-0.05, 0) is 92.7 Å². The normalized spacial score (nSPS) is 24.4. The number of piperidine rings is 1. The maximum absolute atomic E-state index is 6.32. The van der Waals surface area contributed by atoms with Crippen LogP contribution in [0.2, 0.25) is 5.02 Å². The monoisotopic (exact) mass is 424 g/mol. The molecule has 0 radical (unpaired) electrons. The summed E-state index contributed by atoms with van der Waals surface area (Å²) in [6.45, 7) is 6.79. The van der Waals surface area contributed by atoms with E-state index in [4.69, 9.17) is 16.3 Å². The van der Waals surface area contributed by atoms with Crippen LogP contribution < -0.4 is 4.74 Å². The standard InChI is InChI=1S/C26H33ClN2O/c27-21-8-4-7-20(17-21)25-19-29-15-5-9-26(29)24-18-22(10-11-23(24)25)30-16-6-14-28-12-2-1-3-13-28/h4,7-8,10-11,17-18,25-26H,1-3,5-6,9,12-16,19H2/t25-,26-/m1/s1. The summed E-state index contributed by atoms with van der Waals surface area (Å²) < 4.78 is 6.21. The van der Waals surface area contributed by atoms with Crippen molar-refractivity contribution >= 4 is 11.6 Å². The lowest BCUT2D eigenvalue weighted by Crippen LogP contribution is -2.34. The summed E-state index contributed by atoms with van der Waals surface area (Å²) in [4.78, 5) is 5.25. The zero-order valence-electron chi connectivity index (χ0n) is 17.9. The molecule has 0 amide bonds. The van der Waals surface area contributed by atoms with Gasteiger partial charge >= 0.3 is 0 Å². The molecule has 2 saturated heterocycles. The van der Waals surface area contributed by atoms with E-state index >= 15 is 0 Å². The zero-order chi connectivity index (χ0) is 20.3. The topological polar surface area (TPSA) is 15.7 Å². The molecule has 3 aliphatic rings. The van der Waals surface area contributed by atoms with E-state index < -0.39 is 0 Å². The van der Waals surface area contributed by atoms with Crippen molar-refractivity contribution in [2.75, 3.05) is 39.3 Å². The van der Waals surface area contributed by atoms with E-state index in [1.54, 1.807) is 0 Å². The molecule has 160 valence electrons. The number of rotatable bonds is 6. The molecule has 0 aromatic heterocycles. The van der Waals surface area contributed by atoms with Gasteiger partial charge in [0.25, 0.3) is 0 Å². The number of halogens is 1. The second-order valence-corrected chi connectivity index (χ2v) is 9.59. The van der Waals surface area contributed by atoms with Gasteiger partial charge in [-0.3, -0.25) is 4.90 Å². The molecule has 2 aromatic rings. The minimum absolute atomic E-state index is 0.390. The Balaban J connectivity index is 1.30. The zero-order valence-corrected chi connectivity index (χ0v) is 18.6. The Bertz CT molecular complexity index is 864. The van der Waals surface area contributed by atoms with Gasteiger partial charge in [-0.15, -0.1) is 0 Å². The van der Waals surface area contributed by atoms with Gasteiger partial charge in [-0.1, -0.05) is 36.2 Å². The van der Waals surface area contributed by atoms with Crippen LogP contribution in [0.4, 0.5) is 0 Å². The van der Waals surface area contributed by atoms with Gasteiger partial charge in [-0.2, -0.15) is 0 Å². The molecule has 0 N–H and O–H groups in total. The van der Waals surface area contributed by atoms with Gasteiger partial charge in [0.2, 0.25) is 0 Å². The first-order valence-corrected chi connectivity index (χ1v) is 12.1. The van der Waals surface area contributed by atoms with Crippen molar-refractivity contribution in [3.63, 3.8) is 0 Å². The molecule has 2 fully saturated rings. The van der Waals surface area contributed by atoms with Crippen molar-refractivity contribution in [1.82, 2.24) is 9.80 Å². The maximum atomic E-state index is 6.32. The van der Waals surface area contributed by atoms with Crippen molar-refractivity contribution in [3.8, 4) is 5.75 Å². The van der Waals surface area contributed by atoms with Crippen LogP contribution >= 0.6 is 11.6 Å². The van der Waals surface area contributed by atoms with E-state index in [9.17, 15) is 0 Å². The molecule has 3 aliphatic heterocycles. The molecule has 0 saturated carbocycles. The molecule has 3 nitrogen and oxygen atoms in total. The van der Waals surface area contributed by atoms with E-state index in [0.717, 1.165) is 36.9 Å². The second kappa shape index (κ2) is 9.30. The first kappa shape index (κ1) is 20.4. The number of likely N-dealkylation sites (tertiary alicyclic amines) is 1. The van der Waals surface area contributed by atoms with Crippen LogP contribution in [0.1, 0.15) is 67.2 Å². The van der Waals surface area contributed by atoms with Crippen molar-refractivity contribution in [2.45, 2.75) is 50.5 Å². The molecular formula is C26H33ClN2O. The van der Waals surface area contributed by atoms with E-state index in [2.05, 4.69) is 46.2 Å². The Morgan fingerprint density at radius 2 is 1.83 bits per heavy atom. The second-order valence-electron chi connectivity index (χ2n) is 9.16. The number of ether oxygens (including phenoxy) is 1. The van der Waals surface area contributed by atoms with Crippen LogP contribution in [-0.4, -0.2) is 49.1 Å². The van der Waals surface area contributed by atoms with Crippen LogP contribution in [0.5, 0.6) is 5.75 Å². The van der Waals surface area contributed by atoms with Gasteiger partial charge < -0.3 is 9.64 Å². The van der Waals surface area contributed by atoms with Gasteiger partial charge in [0.15, 0.2) is 0 Å². The highest BCUT2D eigenvalue weighted by molar-refractivity contribution is 6.30. The Morgan fingerprint density at radius 3 is 2.70 bits per heavy atom. The minimum Gasteiger partial charge on any atom is -0.494 e. The molecular weight excluding hydrogens is 392 g/mol. The summed E-state index contributed by atoms with van der Waals surface area (Å²) in [7, 11) is 0. The lowest BCUT2D eigenvalue weighted by atomic mass is 9.81. The molecule has 2 aromatic carbocycles. The third-order valence-electron chi connectivity index (χ3n) is 7.16. The van der Waals surface area contributed by atoms with Crippen molar-refractivity contribution in [1.29, 1.82) is 0 Å². The van der Waals surface area contributed by atoms with E-state index in [-0.39, 0.29) is 0 Å². The molecule has 4 heteroatoms. The highest BCUT2D eigenvalue weighted by atomic mass is 35.5. The van der Waals surface area contributed by atoms with Crippen molar-refractivity contribution < 1.29 is 4.74 Å². The average molecular weight is 425 g/mol. The summed E-state index contributed by atoms with van der Waals surface area (Å²) in [5.74, 6) is 1.42. The van der Waals surface area contributed by atoms with E-state index in [1.165, 1.54) is 68.4 Å². The molecule has 0 bridgehead atoms. The van der Waals surface area contributed by atoms with Gasteiger partial charge in [0.05, 0.1) is 6.61 Å². The summed E-state index contributed by atoms with van der Waals surface area (Å²) in [5.41, 5.74) is 4.25. The first-order chi connectivity index (χ1) is 14.8. The molecule has 3 heterocycles. The third-order valence-corrected chi connectivity index (χ3v) is 7.40. The predicted octanol–water partition coefficient (Wildman–Crippen LogP) is 5.88. The predicted molar refractivity (Wildman–Crippen MR) is 124 cm³/mol. The average Bonchev–Trinajstić information content (AvgIpc) is 3.26. The Kier molecular flexibility index (Phi) is 6.31. The van der Waals surface area contributed by atoms with Gasteiger partial charge in [0.1, 0.15) is 5.75 Å².